The lowest BCUT2D eigenvalue weighted by Crippen LogP contribution is -2.15. The molecular formula is C16H23N3. The summed E-state index contributed by atoms with van der Waals surface area (Å²) in [6.45, 7) is 10.8. The van der Waals surface area contributed by atoms with E-state index in [1.165, 1.54) is 11.1 Å². The van der Waals surface area contributed by atoms with E-state index in [9.17, 15) is 0 Å². The van der Waals surface area contributed by atoms with Crippen molar-refractivity contribution in [2.24, 2.45) is 5.84 Å². The first-order valence-electron chi connectivity index (χ1n) is 6.79. The zero-order chi connectivity index (χ0) is 14.2. The van der Waals surface area contributed by atoms with Crippen molar-refractivity contribution in [1.29, 1.82) is 0 Å². The number of nitrogens with zero attached hydrogens (tertiary/aromatic N) is 1. The summed E-state index contributed by atoms with van der Waals surface area (Å²) in [4.78, 5) is 4.83. The fraction of sp³-hybridized carbons (Fsp3) is 0.438. The summed E-state index contributed by atoms with van der Waals surface area (Å²) in [6, 6.07) is 6.33. The SMILES string of the molecule is CCc1c(C)nc2c(C(C)(C)C)cccc2c1NN. The van der Waals surface area contributed by atoms with Crippen molar-refractivity contribution < 1.29 is 0 Å². The van der Waals surface area contributed by atoms with Crippen molar-refractivity contribution in [3.63, 3.8) is 0 Å². The first kappa shape index (κ1) is 13.8. The van der Waals surface area contributed by atoms with Gasteiger partial charge >= 0.3 is 0 Å². The number of pyridine rings is 1. The molecule has 0 aliphatic rings. The number of hydrogen-bond donors (Lipinski definition) is 2. The summed E-state index contributed by atoms with van der Waals surface area (Å²) in [5, 5.41) is 1.11. The summed E-state index contributed by atoms with van der Waals surface area (Å²) >= 11 is 0. The number of rotatable bonds is 2. The van der Waals surface area contributed by atoms with Gasteiger partial charge in [-0.3, -0.25) is 10.8 Å². The number of aryl methyl sites for hydroxylation is 1. The minimum Gasteiger partial charge on any atom is -0.323 e. The molecule has 1 aromatic heterocycles. The predicted octanol–water partition coefficient (Wildman–Crippen LogP) is 3.69. The van der Waals surface area contributed by atoms with E-state index in [4.69, 9.17) is 10.8 Å². The van der Waals surface area contributed by atoms with E-state index in [0.717, 1.165) is 28.7 Å². The molecule has 3 N–H and O–H groups in total. The highest BCUT2D eigenvalue weighted by Gasteiger charge is 2.20. The molecule has 2 rings (SSSR count). The van der Waals surface area contributed by atoms with Crippen molar-refractivity contribution in [1.82, 2.24) is 4.98 Å². The average molecular weight is 257 g/mol. The Balaban J connectivity index is 2.90. The van der Waals surface area contributed by atoms with E-state index in [0.29, 0.717) is 0 Å². The smallest absolute Gasteiger partial charge is 0.0763 e. The molecule has 0 amide bonds. The highest BCUT2D eigenvalue weighted by atomic mass is 15.2. The maximum absolute atomic E-state index is 5.74. The van der Waals surface area contributed by atoms with Gasteiger partial charge in [0.05, 0.1) is 11.2 Å². The number of aromatic nitrogens is 1. The Morgan fingerprint density at radius 3 is 2.47 bits per heavy atom. The van der Waals surface area contributed by atoms with Gasteiger partial charge in [-0.1, -0.05) is 45.9 Å². The summed E-state index contributed by atoms with van der Waals surface area (Å²) in [5.41, 5.74) is 8.51. The number of hydrogen-bond acceptors (Lipinski definition) is 3. The second kappa shape index (κ2) is 4.82. The Kier molecular flexibility index (Phi) is 3.50. The molecule has 19 heavy (non-hydrogen) atoms. The van der Waals surface area contributed by atoms with Crippen LogP contribution in [0.15, 0.2) is 18.2 Å². The monoisotopic (exact) mass is 257 g/mol. The predicted molar refractivity (Wildman–Crippen MR) is 82.4 cm³/mol. The van der Waals surface area contributed by atoms with E-state index < -0.39 is 0 Å². The summed E-state index contributed by atoms with van der Waals surface area (Å²) in [6.07, 6.45) is 0.925. The first-order chi connectivity index (χ1) is 8.90. The van der Waals surface area contributed by atoms with Crippen LogP contribution in [0.1, 0.15) is 44.5 Å². The molecule has 3 heteroatoms. The zero-order valence-electron chi connectivity index (χ0n) is 12.5. The molecule has 3 nitrogen and oxygen atoms in total. The molecule has 0 fully saturated rings. The molecular weight excluding hydrogens is 234 g/mol. The molecule has 0 saturated carbocycles. The van der Waals surface area contributed by atoms with Crippen LogP contribution in [0.3, 0.4) is 0 Å². The van der Waals surface area contributed by atoms with Crippen LogP contribution in [0.5, 0.6) is 0 Å². The van der Waals surface area contributed by atoms with Gasteiger partial charge in [0, 0.05) is 11.1 Å². The number of para-hydroxylation sites is 1. The maximum atomic E-state index is 5.74. The molecule has 1 aromatic carbocycles. The number of nitrogen functional groups attached to an aromatic ring is 1. The number of hydrazine groups is 1. The molecule has 0 spiro atoms. The highest BCUT2D eigenvalue weighted by molar-refractivity contribution is 5.95. The number of benzene rings is 1. The standard InChI is InChI=1S/C16H23N3/c1-6-11-10(2)18-15-12(14(11)19-17)8-7-9-13(15)16(3,4)5/h7-9H,6,17H2,1-5H3,(H,18,19). The lowest BCUT2D eigenvalue weighted by molar-refractivity contribution is 0.594. The van der Waals surface area contributed by atoms with Gasteiger partial charge in [0.1, 0.15) is 0 Å². The van der Waals surface area contributed by atoms with Crippen molar-refractivity contribution in [3.8, 4) is 0 Å². The van der Waals surface area contributed by atoms with Crippen LogP contribution >= 0.6 is 0 Å². The third-order valence-corrected chi connectivity index (χ3v) is 3.63. The van der Waals surface area contributed by atoms with E-state index in [-0.39, 0.29) is 5.41 Å². The quantitative estimate of drug-likeness (QED) is 0.637. The van der Waals surface area contributed by atoms with Gasteiger partial charge in [-0.05, 0) is 29.9 Å². The summed E-state index contributed by atoms with van der Waals surface area (Å²) in [5.74, 6) is 5.74. The number of nitrogens with two attached hydrogens (primary N) is 1. The van der Waals surface area contributed by atoms with Gasteiger partial charge in [0.15, 0.2) is 0 Å². The second-order valence-corrected chi connectivity index (χ2v) is 6.00. The first-order valence-corrected chi connectivity index (χ1v) is 6.79. The molecule has 0 aliphatic heterocycles. The minimum atomic E-state index is 0.0680. The maximum Gasteiger partial charge on any atom is 0.0763 e. The lowest BCUT2D eigenvalue weighted by Gasteiger charge is -2.23. The van der Waals surface area contributed by atoms with Crippen molar-refractivity contribution in [2.45, 2.75) is 46.5 Å². The lowest BCUT2D eigenvalue weighted by atomic mass is 9.85. The van der Waals surface area contributed by atoms with Crippen molar-refractivity contribution >= 4 is 16.6 Å². The fourth-order valence-electron chi connectivity index (χ4n) is 2.65. The van der Waals surface area contributed by atoms with Crippen LogP contribution < -0.4 is 11.3 Å². The summed E-state index contributed by atoms with van der Waals surface area (Å²) in [7, 11) is 0. The normalized spacial score (nSPS) is 11.9. The summed E-state index contributed by atoms with van der Waals surface area (Å²) < 4.78 is 0. The van der Waals surface area contributed by atoms with E-state index >= 15 is 0 Å². The van der Waals surface area contributed by atoms with Gasteiger partial charge in [-0.2, -0.15) is 0 Å². The van der Waals surface area contributed by atoms with E-state index in [2.05, 4.69) is 58.2 Å². The Hall–Kier alpha value is -1.61. The molecule has 102 valence electrons. The van der Waals surface area contributed by atoms with Crippen LogP contribution in [0, 0.1) is 6.92 Å². The van der Waals surface area contributed by atoms with Crippen LogP contribution in [-0.2, 0) is 11.8 Å². The molecule has 0 bridgehead atoms. The number of nitrogens with one attached hydrogen (secondary N) is 1. The zero-order valence-corrected chi connectivity index (χ0v) is 12.5. The molecule has 0 atom stereocenters. The van der Waals surface area contributed by atoms with Crippen LogP contribution in [0.2, 0.25) is 0 Å². The third-order valence-electron chi connectivity index (χ3n) is 3.63. The van der Waals surface area contributed by atoms with Crippen LogP contribution in [0.25, 0.3) is 10.9 Å². The van der Waals surface area contributed by atoms with Gasteiger partial charge in [-0.15, -0.1) is 0 Å². The van der Waals surface area contributed by atoms with E-state index in [1.807, 2.05) is 0 Å². The fourth-order valence-corrected chi connectivity index (χ4v) is 2.65. The topological polar surface area (TPSA) is 50.9 Å². The average Bonchev–Trinajstić information content (AvgIpc) is 2.35. The number of anilines is 1. The molecule has 0 radical (unpaired) electrons. The highest BCUT2D eigenvalue weighted by Crippen LogP contribution is 2.34. The van der Waals surface area contributed by atoms with Gasteiger partial charge in [-0.25, -0.2) is 0 Å². The number of fused-ring (bicyclic) bond motifs is 1. The minimum absolute atomic E-state index is 0.0680. The Morgan fingerprint density at radius 2 is 1.95 bits per heavy atom. The van der Waals surface area contributed by atoms with Crippen molar-refractivity contribution in [2.75, 3.05) is 5.43 Å². The van der Waals surface area contributed by atoms with Crippen LogP contribution in [0.4, 0.5) is 5.69 Å². The molecule has 0 aliphatic carbocycles. The molecule has 0 unspecified atom stereocenters. The second-order valence-electron chi connectivity index (χ2n) is 6.00. The largest absolute Gasteiger partial charge is 0.323 e. The van der Waals surface area contributed by atoms with Crippen molar-refractivity contribution in [3.05, 3.63) is 35.0 Å². The third kappa shape index (κ3) is 2.30. The Labute approximate surface area is 115 Å². The Bertz CT molecular complexity index is 609. The van der Waals surface area contributed by atoms with Gasteiger partial charge in [0.2, 0.25) is 0 Å². The molecule has 1 heterocycles. The van der Waals surface area contributed by atoms with Gasteiger partial charge in [0.25, 0.3) is 0 Å². The Morgan fingerprint density at radius 1 is 1.26 bits per heavy atom. The molecule has 0 saturated heterocycles. The molecule has 2 aromatic rings. The van der Waals surface area contributed by atoms with Crippen LogP contribution in [-0.4, -0.2) is 4.98 Å². The van der Waals surface area contributed by atoms with E-state index in [1.54, 1.807) is 0 Å². The van der Waals surface area contributed by atoms with Gasteiger partial charge < -0.3 is 5.43 Å².